The van der Waals surface area contributed by atoms with E-state index in [9.17, 15) is 4.79 Å². The summed E-state index contributed by atoms with van der Waals surface area (Å²) in [7, 11) is 0. The minimum atomic E-state index is -0.655. The molecule has 0 spiro atoms. The summed E-state index contributed by atoms with van der Waals surface area (Å²) < 4.78 is 5.38. The molecule has 2 rings (SSSR count). The van der Waals surface area contributed by atoms with Gasteiger partial charge in [-0.3, -0.25) is 4.79 Å². The van der Waals surface area contributed by atoms with E-state index in [1.165, 1.54) is 0 Å². The van der Waals surface area contributed by atoms with Gasteiger partial charge >= 0.3 is 0 Å². The van der Waals surface area contributed by atoms with E-state index in [1.807, 2.05) is 18.2 Å². The van der Waals surface area contributed by atoms with Crippen molar-refractivity contribution < 1.29 is 9.53 Å². The summed E-state index contributed by atoms with van der Waals surface area (Å²) in [6.07, 6.45) is 3.18. The van der Waals surface area contributed by atoms with Crippen molar-refractivity contribution in [1.29, 1.82) is 0 Å². The summed E-state index contributed by atoms with van der Waals surface area (Å²) in [6, 6.07) is 7.23. The van der Waals surface area contributed by atoms with Crippen LogP contribution >= 0.6 is 0 Å². The minimum Gasteiger partial charge on any atom is -0.489 e. The molecule has 90 valence electrons. The molecule has 4 nitrogen and oxygen atoms in total. The van der Waals surface area contributed by atoms with Crippen LogP contribution in [0.5, 0.6) is 5.75 Å². The molecule has 17 heavy (non-hydrogen) atoms. The van der Waals surface area contributed by atoms with E-state index in [-0.39, 0.29) is 5.91 Å². The Bertz CT molecular complexity index is 439. The SMILES string of the molecule is C=CCOc1cccc(NC(=O)C2(N)CC2)c1. The van der Waals surface area contributed by atoms with Crippen molar-refractivity contribution >= 4 is 11.6 Å². The van der Waals surface area contributed by atoms with Crippen LogP contribution < -0.4 is 15.8 Å². The van der Waals surface area contributed by atoms with Crippen LogP contribution in [-0.4, -0.2) is 18.1 Å². The molecular formula is C13H16N2O2. The number of rotatable bonds is 5. The number of anilines is 1. The lowest BCUT2D eigenvalue weighted by Crippen LogP contribution is -2.37. The lowest BCUT2D eigenvalue weighted by Gasteiger charge is -2.11. The average molecular weight is 232 g/mol. The number of nitrogens with two attached hydrogens (primary N) is 1. The fourth-order valence-electron chi connectivity index (χ4n) is 1.44. The fraction of sp³-hybridized carbons (Fsp3) is 0.308. The first-order chi connectivity index (χ1) is 8.14. The van der Waals surface area contributed by atoms with Crippen LogP contribution in [0.3, 0.4) is 0 Å². The van der Waals surface area contributed by atoms with Gasteiger partial charge in [-0.05, 0) is 25.0 Å². The third-order valence-corrected chi connectivity index (χ3v) is 2.70. The van der Waals surface area contributed by atoms with E-state index in [0.29, 0.717) is 18.0 Å². The van der Waals surface area contributed by atoms with Crippen LogP contribution in [0.1, 0.15) is 12.8 Å². The summed E-state index contributed by atoms with van der Waals surface area (Å²) in [4.78, 5) is 11.7. The lowest BCUT2D eigenvalue weighted by molar-refractivity contribution is -0.118. The number of nitrogens with one attached hydrogen (secondary N) is 1. The van der Waals surface area contributed by atoms with Gasteiger partial charge in [0, 0.05) is 11.8 Å². The molecule has 1 aliphatic carbocycles. The van der Waals surface area contributed by atoms with Gasteiger partial charge in [0.05, 0.1) is 5.54 Å². The molecule has 1 amide bonds. The monoisotopic (exact) mass is 232 g/mol. The number of carbonyl (C=O) groups excluding carboxylic acids is 1. The first-order valence-corrected chi connectivity index (χ1v) is 5.58. The highest BCUT2D eigenvalue weighted by atomic mass is 16.5. The Balaban J connectivity index is 2.00. The Labute approximate surface area is 100 Å². The van der Waals surface area contributed by atoms with Gasteiger partial charge in [0.2, 0.25) is 5.91 Å². The summed E-state index contributed by atoms with van der Waals surface area (Å²) in [5.41, 5.74) is 5.85. The second-order valence-electron chi connectivity index (χ2n) is 4.24. The Morgan fingerprint density at radius 2 is 2.35 bits per heavy atom. The molecule has 0 saturated heterocycles. The summed E-state index contributed by atoms with van der Waals surface area (Å²) in [6.45, 7) is 4.02. The maximum atomic E-state index is 11.7. The number of carbonyl (C=O) groups is 1. The molecule has 0 bridgehead atoms. The van der Waals surface area contributed by atoms with Crippen molar-refractivity contribution in [3.63, 3.8) is 0 Å². The van der Waals surface area contributed by atoms with Crippen LogP contribution in [0.15, 0.2) is 36.9 Å². The van der Waals surface area contributed by atoms with E-state index in [0.717, 1.165) is 12.8 Å². The zero-order chi connectivity index (χ0) is 12.3. The molecule has 0 aromatic heterocycles. The van der Waals surface area contributed by atoms with Crippen LogP contribution in [0.25, 0.3) is 0 Å². The Kier molecular flexibility index (Phi) is 3.15. The van der Waals surface area contributed by atoms with E-state index < -0.39 is 5.54 Å². The molecule has 1 fully saturated rings. The number of hydrogen-bond donors (Lipinski definition) is 2. The standard InChI is InChI=1S/C13H16N2O2/c1-2-8-17-11-5-3-4-10(9-11)15-12(16)13(14)6-7-13/h2-5,9H,1,6-8,14H2,(H,15,16). The summed E-state index contributed by atoms with van der Waals surface area (Å²) in [5, 5.41) is 2.79. The second kappa shape index (κ2) is 4.59. The number of benzene rings is 1. The number of hydrogen-bond acceptors (Lipinski definition) is 3. The third kappa shape index (κ3) is 2.85. The van der Waals surface area contributed by atoms with E-state index >= 15 is 0 Å². The molecule has 3 N–H and O–H groups in total. The van der Waals surface area contributed by atoms with E-state index in [2.05, 4.69) is 11.9 Å². The Morgan fingerprint density at radius 1 is 1.59 bits per heavy atom. The van der Waals surface area contributed by atoms with Crippen molar-refractivity contribution in [2.45, 2.75) is 18.4 Å². The average Bonchev–Trinajstić information content (AvgIpc) is 3.07. The van der Waals surface area contributed by atoms with Gasteiger partial charge in [-0.15, -0.1) is 0 Å². The van der Waals surface area contributed by atoms with Crippen LogP contribution in [-0.2, 0) is 4.79 Å². The molecule has 4 heteroatoms. The van der Waals surface area contributed by atoms with Gasteiger partial charge in [-0.2, -0.15) is 0 Å². The van der Waals surface area contributed by atoms with Crippen LogP contribution in [0.2, 0.25) is 0 Å². The highest BCUT2D eigenvalue weighted by molar-refractivity contribution is 6.00. The molecule has 1 saturated carbocycles. The topological polar surface area (TPSA) is 64.3 Å². The Hall–Kier alpha value is -1.81. The van der Waals surface area contributed by atoms with Crippen molar-refractivity contribution in [3.8, 4) is 5.75 Å². The van der Waals surface area contributed by atoms with Gasteiger partial charge in [0.1, 0.15) is 12.4 Å². The van der Waals surface area contributed by atoms with Gasteiger partial charge in [-0.1, -0.05) is 18.7 Å². The van der Waals surface area contributed by atoms with Gasteiger partial charge in [-0.25, -0.2) is 0 Å². The molecule has 0 aliphatic heterocycles. The van der Waals surface area contributed by atoms with E-state index in [1.54, 1.807) is 12.1 Å². The van der Waals surface area contributed by atoms with Gasteiger partial charge in [0.15, 0.2) is 0 Å². The predicted octanol–water partition coefficient (Wildman–Crippen LogP) is 1.68. The smallest absolute Gasteiger partial charge is 0.244 e. The Morgan fingerprint density at radius 3 is 3.00 bits per heavy atom. The zero-order valence-electron chi connectivity index (χ0n) is 9.61. The van der Waals surface area contributed by atoms with Crippen molar-refractivity contribution in [2.75, 3.05) is 11.9 Å². The van der Waals surface area contributed by atoms with Gasteiger partial charge in [0.25, 0.3) is 0 Å². The molecule has 1 aliphatic rings. The molecule has 0 radical (unpaired) electrons. The quantitative estimate of drug-likeness (QED) is 0.759. The van der Waals surface area contributed by atoms with Crippen LogP contribution in [0, 0.1) is 0 Å². The minimum absolute atomic E-state index is 0.127. The first-order valence-electron chi connectivity index (χ1n) is 5.58. The number of ether oxygens (including phenoxy) is 1. The third-order valence-electron chi connectivity index (χ3n) is 2.70. The summed E-state index contributed by atoms with van der Waals surface area (Å²) in [5.74, 6) is 0.572. The predicted molar refractivity (Wildman–Crippen MR) is 66.9 cm³/mol. The fourth-order valence-corrected chi connectivity index (χ4v) is 1.44. The van der Waals surface area contributed by atoms with Crippen LogP contribution in [0.4, 0.5) is 5.69 Å². The largest absolute Gasteiger partial charge is 0.489 e. The normalized spacial score (nSPS) is 16.1. The summed E-state index contributed by atoms with van der Waals surface area (Å²) >= 11 is 0. The number of amides is 1. The molecule has 0 heterocycles. The molecule has 1 aromatic rings. The highest BCUT2D eigenvalue weighted by Gasteiger charge is 2.45. The molecule has 1 aromatic carbocycles. The first kappa shape index (κ1) is 11.7. The van der Waals surface area contributed by atoms with E-state index in [4.69, 9.17) is 10.5 Å². The maximum absolute atomic E-state index is 11.7. The van der Waals surface area contributed by atoms with Crippen molar-refractivity contribution in [1.82, 2.24) is 0 Å². The second-order valence-corrected chi connectivity index (χ2v) is 4.24. The molecular weight excluding hydrogens is 216 g/mol. The lowest BCUT2D eigenvalue weighted by atomic mass is 10.2. The maximum Gasteiger partial charge on any atom is 0.244 e. The van der Waals surface area contributed by atoms with Gasteiger partial charge < -0.3 is 15.8 Å². The molecule has 0 atom stereocenters. The van der Waals surface area contributed by atoms with Crippen molar-refractivity contribution in [3.05, 3.63) is 36.9 Å². The van der Waals surface area contributed by atoms with Crippen molar-refractivity contribution in [2.24, 2.45) is 5.73 Å². The molecule has 0 unspecified atom stereocenters. The zero-order valence-corrected chi connectivity index (χ0v) is 9.61. The highest BCUT2D eigenvalue weighted by Crippen LogP contribution is 2.33.